The second-order valence-corrected chi connectivity index (χ2v) is 5.58. The quantitative estimate of drug-likeness (QED) is 0.789. The molecular formula is C15H20FNO5. The first-order valence-electron chi connectivity index (χ1n) is 6.81. The van der Waals surface area contributed by atoms with Gasteiger partial charge in [-0.1, -0.05) is 0 Å². The molecule has 0 aliphatic rings. The summed E-state index contributed by atoms with van der Waals surface area (Å²) in [4.78, 5) is 22.0. The van der Waals surface area contributed by atoms with Gasteiger partial charge in [-0.3, -0.25) is 0 Å². The van der Waals surface area contributed by atoms with Crippen molar-refractivity contribution in [3.8, 4) is 5.75 Å². The number of carbonyl (C=O) groups is 2. The van der Waals surface area contributed by atoms with Crippen molar-refractivity contribution in [2.45, 2.75) is 32.8 Å². The summed E-state index contributed by atoms with van der Waals surface area (Å²) in [5.41, 5.74) is -0.955. The highest BCUT2D eigenvalue weighted by Crippen LogP contribution is 2.16. The van der Waals surface area contributed by atoms with E-state index in [4.69, 9.17) is 14.6 Å². The molecule has 0 radical (unpaired) electrons. The number of benzene rings is 1. The first-order valence-corrected chi connectivity index (χ1v) is 6.81. The number of rotatable bonds is 6. The lowest BCUT2D eigenvalue weighted by Gasteiger charge is -2.19. The van der Waals surface area contributed by atoms with Crippen LogP contribution in [0.15, 0.2) is 18.2 Å². The van der Waals surface area contributed by atoms with E-state index < -0.39 is 29.0 Å². The smallest absolute Gasteiger partial charge is 0.407 e. The summed E-state index contributed by atoms with van der Waals surface area (Å²) in [6, 6.07) is 3.55. The molecule has 122 valence electrons. The maximum Gasteiger partial charge on any atom is 0.407 e. The number of aromatic carboxylic acids is 1. The molecule has 1 aromatic carbocycles. The number of amides is 1. The number of carbonyl (C=O) groups excluding carboxylic acids is 1. The molecule has 0 aliphatic heterocycles. The summed E-state index contributed by atoms with van der Waals surface area (Å²) in [5.74, 6) is -1.94. The van der Waals surface area contributed by atoms with Gasteiger partial charge < -0.3 is 19.9 Å². The van der Waals surface area contributed by atoms with Crippen LogP contribution in [0.5, 0.6) is 5.75 Å². The second kappa shape index (κ2) is 7.63. The molecule has 0 fully saturated rings. The highest BCUT2D eigenvalue weighted by Gasteiger charge is 2.15. The van der Waals surface area contributed by atoms with Crippen molar-refractivity contribution >= 4 is 12.1 Å². The van der Waals surface area contributed by atoms with E-state index in [0.717, 1.165) is 12.1 Å². The molecule has 22 heavy (non-hydrogen) atoms. The molecule has 1 rings (SSSR count). The third-order valence-electron chi connectivity index (χ3n) is 2.43. The van der Waals surface area contributed by atoms with Gasteiger partial charge in [-0.2, -0.15) is 0 Å². The first kappa shape index (κ1) is 17.7. The molecule has 0 unspecified atom stereocenters. The third kappa shape index (κ3) is 6.43. The second-order valence-electron chi connectivity index (χ2n) is 5.58. The van der Waals surface area contributed by atoms with Gasteiger partial charge in [0, 0.05) is 12.6 Å². The molecule has 0 atom stereocenters. The minimum atomic E-state index is -1.33. The molecule has 1 aromatic rings. The Kier molecular flexibility index (Phi) is 6.15. The van der Waals surface area contributed by atoms with Crippen molar-refractivity contribution in [1.82, 2.24) is 5.32 Å². The number of nitrogens with one attached hydrogen (secondary N) is 1. The van der Waals surface area contributed by atoms with E-state index in [9.17, 15) is 14.0 Å². The van der Waals surface area contributed by atoms with E-state index in [0.29, 0.717) is 13.0 Å². The molecule has 1 amide bonds. The molecule has 6 nitrogen and oxygen atoms in total. The van der Waals surface area contributed by atoms with E-state index in [1.165, 1.54) is 6.07 Å². The van der Waals surface area contributed by atoms with Crippen LogP contribution < -0.4 is 10.1 Å². The van der Waals surface area contributed by atoms with Gasteiger partial charge in [0.2, 0.25) is 0 Å². The Morgan fingerprint density at radius 3 is 2.55 bits per heavy atom. The standard InChI is InChI=1S/C15H20FNO5/c1-15(2,3)22-14(20)17-7-4-8-21-10-5-6-11(13(18)19)12(16)9-10/h5-6,9H,4,7-8H2,1-3H3,(H,17,20)(H,18,19). The Labute approximate surface area is 128 Å². The van der Waals surface area contributed by atoms with E-state index in [2.05, 4.69) is 5.32 Å². The Bertz CT molecular complexity index is 539. The maximum atomic E-state index is 13.4. The predicted octanol–water partition coefficient (Wildman–Crippen LogP) is 2.82. The molecule has 2 N–H and O–H groups in total. The summed E-state index contributed by atoms with van der Waals surface area (Å²) >= 11 is 0. The van der Waals surface area contributed by atoms with Gasteiger partial charge in [-0.15, -0.1) is 0 Å². The van der Waals surface area contributed by atoms with Crippen LogP contribution in [0.25, 0.3) is 0 Å². The van der Waals surface area contributed by atoms with Crippen molar-refractivity contribution < 1.29 is 28.6 Å². The van der Waals surface area contributed by atoms with Crippen molar-refractivity contribution in [3.63, 3.8) is 0 Å². The minimum Gasteiger partial charge on any atom is -0.493 e. The van der Waals surface area contributed by atoms with Crippen molar-refractivity contribution in [2.24, 2.45) is 0 Å². The lowest BCUT2D eigenvalue weighted by molar-refractivity contribution is 0.0525. The van der Waals surface area contributed by atoms with Crippen LogP contribution >= 0.6 is 0 Å². The molecule has 0 heterocycles. The fourth-order valence-corrected chi connectivity index (χ4v) is 1.53. The Hall–Kier alpha value is -2.31. The monoisotopic (exact) mass is 313 g/mol. The summed E-state index contributed by atoms with van der Waals surface area (Å²) < 4.78 is 23.7. The van der Waals surface area contributed by atoms with E-state index in [-0.39, 0.29) is 12.4 Å². The van der Waals surface area contributed by atoms with Gasteiger partial charge in [0.05, 0.1) is 12.2 Å². The van der Waals surface area contributed by atoms with Crippen LogP contribution in [-0.2, 0) is 4.74 Å². The van der Waals surface area contributed by atoms with Crippen LogP contribution in [-0.4, -0.2) is 35.9 Å². The molecule has 0 aliphatic carbocycles. The van der Waals surface area contributed by atoms with E-state index in [1.807, 2.05) is 0 Å². The van der Waals surface area contributed by atoms with Crippen LogP contribution in [0, 0.1) is 5.82 Å². The summed E-state index contributed by atoms with van der Waals surface area (Å²) in [7, 11) is 0. The lowest BCUT2D eigenvalue weighted by atomic mass is 10.2. The van der Waals surface area contributed by atoms with Gasteiger partial charge in [-0.25, -0.2) is 14.0 Å². The highest BCUT2D eigenvalue weighted by atomic mass is 19.1. The van der Waals surface area contributed by atoms with Gasteiger partial charge in [0.15, 0.2) is 0 Å². The van der Waals surface area contributed by atoms with E-state index in [1.54, 1.807) is 20.8 Å². The molecular weight excluding hydrogens is 293 g/mol. The molecule has 7 heteroatoms. The Morgan fingerprint density at radius 2 is 2.00 bits per heavy atom. The van der Waals surface area contributed by atoms with Crippen LogP contribution in [0.2, 0.25) is 0 Å². The number of hydrogen-bond donors (Lipinski definition) is 2. The first-order chi connectivity index (χ1) is 10.2. The molecule has 0 saturated carbocycles. The van der Waals surface area contributed by atoms with Crippen LogP contribution in [0.1, 0.15) is 37.6 Å². The van der Waals surface area contributed by atoms with Gasteiger partial charge >= 0.3 is 12.1 Å². The minimum absolute atomic E-state index is 0.236. The molecule has 0 aromatic heterocycles. The average Bonchev–Trinajstić information content (AvgIpc) is 2.35. The number of hydrogen-bond acceptors (Lipinski definition) is 4. The zero-order valence-corrected chi connectivity index (χ0v) is 12.8. The van der Waals surface area contributed by atoms with Crippen LogP contribution in [0.3, 0.4) is 0 Å². The number of carboxylic acids is 1. The third-order valence-corrected chi connectivity index (χ3v) is 2.43. The van der Waals surface area contributed by atoms with Gasteiger partial charge in [0.1, 0.15) is 17.2 Å². The number of alkyl carbamates (subject to hydrolysis) is 1. The number of carboxylic acid groups (broad SMARTS) is 1. The fraction of sp³-hybridized carbons (Fsp3) is 0.467. The molecule has 0 bridgehead atoms. The maximum absolute atomic E-state index is 13.4. The topological polar surface area (TPSA) is 84.9 Å². The largest absolute Gasteiger partial charge is 0.493 e. The zero-order valence-electron chi connectivity index (χ0n) is 12.8. The van der Waals surface area contributed by atoms with Gasteiger partial charge in [0.25, 0.3) is 0 Å². The number of halogens is 1. The molecule has 0 spiro atoms. The SMILES string of the molecule is CC(C)(C)OC(=O)NCCCOc1ccc(C(=O)O)c(F)c1. The average molecular weight is 313 g/mol. The lowest BCUT2D eigenvalue weighted by Crippen LogP contribution is -2.33. The van der Waals surface area contributed by atoms with Crippen molar-refractivity contribution in [1.29, 1.82) is 0 Å². The van der Waals surface area contributed by atoms with E-state index >= 15 is 0 Å². The summed E-state index contributed by atoms with van der Waals surface area (Å²) in [5, 5.41) is 11.3. The summed E-state index contributed by atoms with van der Waals surface area (Å²) in [6.45, 7) is 5.91. The van der Waals surface area contributed by atoms with Crippen LogP contribution in [0.4, 0.5) is 9.18 Å². The highest BCUT2D eigenvalue weighted by molar-refractivity contribution is 5.88. The fourth-order valence-electron chi connectivity index (χ4n) is 1.53. The van der Waals surface area contributed by atoms with Crippen molar-refractivity contribution in [2.75, 3.05) is 13.2 Å². The Balaban J connectivity index is 2.29. The van der Waals surface area contributed by atoms with Crippen molar-refractivity contribution in [3.05, 3.63) is 29.6 Å². The Morgan fingerprint density at radius 1 is 1.32 bits per heavy atom. The predicted molar refractivity (Wildman–Crippen MR) is 77.7 cm³/mol. The molecule has 0 saturated heterocycles. The normalized spacial score (nSPS) is 10.9. The zero-order chi connectivity index (χ0) is 16.8. The number of ether oxygens (including phenoxy) is 2. The summed E-state index contributed by atoms with van der Waals surface area (Å²) in [6.07, 6.45) is -0.00832. The van der Waals surface area contributed by atoms with Gasteiger partial charge in [-0.05, 0) is 39.3 Å².